The van der Waals surface area contributed by atoms with E-state index in [1.54, 1.807) is 19.0 Å². The molecule has 0 bridgehead atoms. The second-order valence-electron chi connectivity index (χ2n) is 10.8. The number of aliphatic hydroxyl groups excluding tert-OH is 2. The van der Waals surface area contributed by atoms with Crippen molar-refractivity contribution in [2.45, 2.75) is 62.5 Å². The number of benzene rings is 1. The highest BCUT2D eigenvalue weighted by Crippen LogP contribution is 2.53. The number of amides is 1. The van der Waals surface area contributed by atoms with Crippen LogP contribution in [0.3, 0.4) is 0 Å². The molecule has 9 heteroatoms. The zero-order chi connectivity index (χ0) is 26.1. The number of Topliss-reactive ketones (excluding diaryl/α,β-unsaturated/α-hetero) is 2. The van der Waals surface area contributed by atoms with Gasteiger partial charge in [0.2, 0.25) is 5.78 Å². The number of aromatic hydroxyl groups is 1. The molecular formula is C27H32N2O7. The number of nitrogens with two attached hydrogens (primary N) is 1. The van der Waals surface area contributed by atoms with Crippen molar-refractivity contribution in [2.75, 3.05) is 14.1 Å². The van der Waals surface area contributed by atoms with Gasteiger partial charge in [0, 0.05) is 11.5 Å². The van der Waals surface area contributed by atoms with Gasteiger partial charge in [-0.15, -0.1) is 0 Å². The van der Waals surface area contributed by atoms with E-state index in [0.29, 0.717) is 6.42 Å². The number of primary amides is 1. The van der Waals surface area contributed by atoms with Crippen molar-refractivity contribution >= 4 is 17.5 Å². The minimum absolute atomic E-state index is 0.0962. The van der Waals surface area contributed by atoms with Gasteiger partial charge in [0.05, 0.1) is 11.6 Å². The molecule has 1 fully saturated rings. The van der Waals surface area contributed by atoms with Crippen LogP contribution in [-0.4, -0.2) is 68.5 Å². The molecule has 0 unspecified atom stereocenters. The first-order valence-electron chi connectivity index (χ1n) is 12.5. The van der Waals surface area contributed by atoms with Gasteiger partial charge in [-0.1, -0.05) is 25.3 Å². The summed E-state index contributed by atoms with van der Waals surface area (Å²) in [4.78, 5) is 40.7. The predicted octanol–water partition coefficient (Wildman–Crippen LogP) is 2.17. The van der Waals surface area contributed by atoms with Crippen LogP contribution in [0.15, 0.2) is 34.8 Å². The largest absolute Gasteiger partial charge is 0.510 e. The molecule has 1 aromatic carbocycles. The summed E-state index contributed by atoms with van der Waals surface area (Å²) in [5, 5.41) is 44.5. The molecule has 4 aliphatic carbocycles. The molecule has 0 spiro atoms. The number of rotatable bonds is 3. The average Bonchev–Trinajstić information content (AvgIpc) is 2.81. The van der Waals surface area contributed by atoms with E-state index in [2.05, 4.69) is 0 Å². The molecule has 9 nitrogen and oxygen atoms in total. The predicted molar refractivity (Wildman–Crippen MR) is 130 cm³/mol. The number of allylic oxidation sites excluding steroid dienone is 1. The molecule has 1 saturated carbocycles. The number of carbonyl (C=O) groups is 3. The van der Waals surface area contributed by atoms with Gasteiger partial charge < -0.3 is 26.2 Å². The first kappa shape index (κ1) is 24.5. The van der Waals surface area contributed by atoms with E-state index in [-0.39, 0.29) is 29.2 Å². The first-order valence-corrected chi connectivity index (χ1v) is 12.5. The van der Waals surface area contributed by atoms with Gasteiger partial charge in [0.15, 0.2) is 11.4 Å². The van der Waals surface area contributed by atoms with Crippen LogP contribution in [0.4, 0.5) is 0 Å². The lowest BCUT2D eigenvalue weighted by Crippen LogP contribution is -2.63. The molecule has 1 aromatic rings. The maximum Gasteiger partial charge on any atom is 0.255 e. The summed E-state index contributed by atoms with van der Waals surface area (Å²) in [5.41, 5.74) is 3.70. The van der Waals surface area contributed by atoms with Crippen LogP contribution in [0.2, 0.25) is 0 Å². The fraction of sp³-hybridized carbons (Fsp3) is 0.519. The van der Waals surface area contributed by atoms with E-state index in [4.69, 9.17) is 5.73 Å². The zero-order valence-corrected chi connectivity index (χ0v) is 20.5. The normalized spacial score (nSPS) is 30.8. The molecule has 192 valence electrons. The molecule has 4 aliphatic rings. The van der Waals surface area contributed by atoms with Crippen LogP contribution < -0.4 is 5.73 Å². The van der Waals surface area contributed by atoms with E-state index < -0.39 is 58.0 Å². The Labute approximate surface area is 208 Å². The Kier molecular flexibility index (Phi) is 5.76. The van der Waals surface area contributed by atoms with Gasteiger partial charge >= 0.3 is 0 Å². The van der Waals surface area contributed by atoms with Crippen LogP contribution in [0, 0.1) is 11.8 Å². The Balaban J connectivity index is 1.69. The summed E-state index contributed by atoms with van der Waals surface area (Å²) in [6, 6.07) is 2.39. The number of phenols is 1. The Bertz CT molecular complexity index is 1240. The fourth-order valence-corrected chi connectivity index (χ4v) is 7.07. The number of aliphatic hydroxyl groups is 3. The third-order valence-electron chi connectivity index (χ3n) is 8.69. The molecule has 4 atom stereocenters. The zero-order valence-electron chi connectivity index (χ0n) is 20.5. The highest BCUT2D eigenvalue weighted by Gasteiger charge is 2.63. The average molecular weight is 497 g/mol. The highest BCUT2D eigenvalue weighted by molar-refractivity contribution is 6.24. The van der Waals surface area contributed by atoms with Gasteiger partial charge in [-0.2, -0.15) is 0 Å². The Morgan fingerprint density at radius 1 is 1.06 bits per heavy atom. The third-order valence-corrected chi connectivity index (χ3v) is 8.69. The number of hydrogen-bond acceptors (Lipinski definition) is 8. The maximum atomic E-state index is 13.8. The summed E-state index contributed by atoms with van der Waals surface area (Å²) < 4.78 is 0. The van der Waals surface area contributed by atoms with Crippen molar-refractivity contribution in [3.8, 4) is 5.75 Å². The van der Waals surface area contributed by atoms with Crippen molar-refractivity contribution < 1.29 is 34.8 Å². The summed E-state index contributed by atoms with van der Waals surface area (Å²) >= 11 is 0. The van der Waals surface area contributed by atoms with E-state index in [1.165, 1.54) is 12.5 Å². The van der Waals surface area contributed by atoms with Crippen LogP contribution in [0.1, 0.15) is 65.9 Å². The highest BCUT2D eigenvalue weighted by atomic mass is 16.3. The quantitative estimate of drug-likeness (QED) is 0.398. The van der Waals surface area contributed by atoms with Gasteiger partial charge in [0.1, 0.15) is 22.8 Å². The summed E-state index contributed by atoms with van der Waals surface area (Å²) in [6.45, 7) is 0. The molecule has 6 N–H and O–H groups in total. The molecule has 36 heavy (non-hydrogen) atoms. The van der Waals surface area contributed by atoms with Gasteiger partial charge in [-0.05, 0) is 68.8 Å². The summed E-state index contributed by atoms with van der Waals surface area (Å²) in [5.74, 6) is -5.97. The Morgan fingerprint density at radius 2 is 1.72 bits per heavy atom. The standard InChI is InChI=1S/C27H32N2O7/c1-29(2)21-16-11-13-10-15-14(12-6-4-3-5-7-12)8-9-17(30)19(15)22(31)18(13)24(33)27(16,36)25(34)20(23(21)32)26(28)35/h8-9,12-13,16,21,30,32-33,36H,3-7,10-11H2,1-2H3,(H2,28,35)/t13-,16-,21-,27-/m1/s1. The molecule has 1 amide bonds. The second-order valence-corrected chi connectivity index (χ2v) is 10.8. The lowest BCUT2D eigenvalue weighted by Gasteiger charge is -2.50. The number of ketones is 2. The minimum atomic E-state index is -2.61. The van der Waals surface area contributed by atoms with Crippen LogP contribution in [0.5, 0.6) is 5.75 Å². The van der Waals surface area contributed by atoms with Gasteiger partial charge in [0.25, 0.3) is 5.91 Å². The molecule has 0 aliphatic heterocycles. The molecular weight excluding hydrogens is 464 g/mol. The van der Waals surface area contributed by atoms with E-state index >= 15 is 0 Å². The fourth-order valence-electron chi connectivity index (χ4n) is 7.07. The van der Waals surface area contributed by atoms with Crippen molar-refractivity contribution in [2.24, 2.45) is 17.6 Å². The van der Waals surface area contributed by atoms with Crippen molar-refractivity contribution in [1.29, 1.82) is 0 Å². The monoisotopic (exact) mass is 496 g/mol. The number of phenolic OH excluding ortho intramolecular Hbond substituents is 1. The van der Waals surface area contributed by atoms with Crippen LogP contribution >= 0.6 is 0 Å². The Morgan fingerprint density at radius 3 is 2.33 bits per heavy atom. The van der Waals surface area contributed by atoms with Crippen molar-refractivity contribution in [3.63, 3.8) is 0 Å². The van der Waals surface area contributed by atoms with Crippen LogP contribution in [0.25, 0.3) is 0 Å². The van der Waals surface area contributed by atoms with Crippen LogP contribution in [-0.2, 0) is 16.0 Å². The molecule has 5 rings (SSSR count). The topological polar surface area (TPSA) is 161 Å². The SMILES string of the molecule is CN(C)[C@H]1C(O)=C(C(N)=O)C(=O)[C@]2(O)C(O)=C3C(=O)c4c(O)ccc(C5CCCCC5)c4C[C@@H]3C[C@H]12. The minimum Gasteiger partial charge on any atom is -0.510 e. The molecule has 0 heterocycles. The molecule has 0 saturated heterocycles. The first-order chi connectivity index (χ1) is 17.0. The van der Waals surface area contributed by atoms with Crippen molar-refractivity contribution in [3.05, 3.63) is 51.5 Å². The van der Waals surface area contributed by atoms with E-state index in [1.807, 2.05) is 6.07 Å². The Hall–Kier alpha value is -3.17. The number of nitrogens with zero attached hydrogens (tertiary/aromatic N) is 1. The number of carbonyl (C=O) groups excluding carboxylic acids is 3. The lowest BCUT2D eigenvalue weighted by molar-refractivity contribution is -0.148. The summed E-state index contributed by atoms with van der Waals surface area (Å²) in [6.07, 6.45) is 5.80. The number of likely N-dealkylation sites (N-methyl/N-ethyl adjacent to an activating group) is 1. The smallest absolute Gasteiger partial charge is 0.255 e. The lowest BCUT2D eigenvalue weighted by atomic mass is 9.58. The van der Waals surface area contributed by atoms with E-state index in [9.17, 15) is 34.8 Å². The maximum absolute atomic E-state index is 13.8. The molecule has 0 aromatic heterocycles. The van der Waals surface area contributed by atoms with Crippen molar-refractivity contribution in [1.82, 2.24) is 4.90 Å². The molecule has 0 radical (unpaired) electrons. The third kappa shape index (κ3) is 3.25. The summed E-state index contributed by atoms with van der Waals surface area (Å²) in [7, 11) is 3.24. The number of hydrogen-bond donors (Lipinski definition) is 5. The van der Waals surface area contributed by atoms with E-state index in [0.717, 1.165) is 36.8 Å². The van der Waals surface area contributed by atoms with Gasteiger partial charge in [-0.3, -0.25) is 19.3 Å². The second kappa shape index (κ2) is 8.45. The van der Waals surface area contributed by atoms with Gasteiger partial charge in [-0.25, -0.2) is 0 Å². The number of fused-ring (bicyclic) bond motifs is 3.